The van der Waals surface area contributed by atoms with Crippen molar-refractivity contribution < 1.29 is 13.9 Å². The van der Waals surface area contributed by atoms with E-state index in [1.807, 2.05) is 36.4 Å². The molecule has 0 radical (unpaired) electrons. The van der Waals surface area contributed by atoms with Crippen LogP contribution in [0.25, 0.3) is 0 Å². The smallest absolute Gasteiger partial charge is 0.226 e. The zero-order chi connectivity index (χ0) is 16.1. The molecule has 1 heterocycles. The molecular formula is C19H20FNO2. The van der Waals surface area contributed by atoms with Crippen molar-refractivity contribution in [2.75, 3.05) is 13.2 Å². The number of carbonyl (C=O) groups excluding carboxylic acids is 1. The molecule has 3 rings (SSSR count). The molecule has 1 N–H and O–H groups in total. The van der Waals surface area contributed by atoms with Gasteiger partial charge in [0.25, 0.3) is 0 Å². The number of halogens is 1. The zero-order valence-electron chi connectivity index (χ0n) is 12.9. The maximum atomic E-state index is 13.6. The first-order chi connectivity index (χ1) is 11.2. The standard InChI is InChI=1S/C19H20FNO2/c20-17-10-4-8-15(12-17)18(14-6-2-1-3-7-14)21-19(22)16-9-5-11-23-13-16/h1-4,6-8,10,12,16,18H,5,9,11,13H2,(H,21,22)/t16-,18+/m1/s1. The van der Waals surface area contributed by atoms with Gasteiger partial charge in [0.1, 0.15) is 5.82 Å². The summed E-state index contributed by atoms with van der Waals surface area (Å²) in [4.78, 5) is 12.6. The average Bonchev–Trinajstić information content (AvgIpc) is 2.61. The molecule has 2 atom stereocenters. The quantitative estimate of drug-likeness (QED) is 0.939. The lowest BCUT2D eigenvalue weighted by atomic mass is 9.96. The van der Waals surface area contributed by atoms with E-state index in [0.29, 0.717) is 6.61 Å². The molecule has 3 nitrogen and oxygen atoms in total. The summed E-state index contributed by atoms with van der Waals surface area (Å²) in [6, 6.07) is 15.6. The first kappa shape index (κ1) is 15.7. The second-order valence-corrected chi connectivity index (χ2v) is 5.82. The van der Waals surface area contributed by atoms with E-state index in [-0.39, 0.29) is 23.7 Å². The van der Waals surface area contributed by atoms with Gasteiger partial charge >= 0.3 is 0 Å². The van der Waals surface area contributed by atoms with Crippen molar-refractivity contribution in [3.8, 4) is 0 Å². The lowest BCUT2D eigenvalue weighted by molar-refractivity contribution is -0.129. The number of hydrogen-bond acceptors (Lipinski definition) is 2. The third-order valence-corrected chi connectivity index (χ3v) is 4.13. The minimum atomic E-state index is -0.360. The van der Waals surface area contributed by atoms with Crippen molar-refractivity contribution in [3.63, 3.8) is 0 Å². The van der Waals surface area contributed by atoms with E-state index in [1.165, 1.54) is 12.1 Å². The van der Waals surface area contributed by atoms with Crippen LogP contribution in [0.5, 0.6) is 0 Å². The Morgan fingerprint density at radius 2 is 1.91 bits per heavy atom. The van der Waals surface area contributed by atoms with Crippen LogP contribution < -0.4 is 5.32 Å². The highest BCUT2D eigenvalue weighted by atomic mass is 19.1. The summed E-state index contributed by atoms with van der Waals surface area (Å²) in [5.41, 5.74) is 1.67. The van der Waals surface area contributed by atoms with Gasteiger partial charge in [0, 0.05) is 6.61 Å². The van der Waals surface area contributed by atoms with Crippen LogP contribution in [0.15, 0.2) is 54.6 Å². The van der Waals surface area contributed by atoms with Crippen LogP contribution in [-0.2, 0) is 9.53 Å². The molecule has 0 aliphatic carbocycles. The van der Waals surface area contributed by atoms with Crippen molar-refractivity contribution in [1.29, 1.82) is 0 Å². The van der Waals surface area contributed by atoms with Crippen LogP contribution in [0, 0.1) is 11.7 Å². The van der Waals surface area contributed by atoms with Gasteiger partial charge < -0.3 is 10.1 Å². The van der Waals surface area contributed by atoms with Crippen LogP contribution in [0.4, 0.5) is 4.39 Å². The van der Waals surface area contributed by atoms with Gasteiger partial charge in [-0.25, -0.2) is 4.39 Å². The van der Waals surface area contributed by atoms with E-state index >= 15 is 0 Å². The predicted molar refractivity (Wildman–Crippen MR) is 86.4 cm³/mol. The minimum absolute atomic E-state index is 0.0391. The zero-order valence-corrected chi connectivity index (χ0v) is 12.9. The van der Waals surface area contributed by atoms with Gasteiger partial charge in [0.15, 0.2) is 0 Å². The maximum absolute atomic E-state index is 13.6. The second-order valence-electron chi connectivity index (χ2n) is 5.82. The van der Waals surface area contributed by atoms with Gasteiger partial charge in [0.2, 0.25) is 5.91 Å². The number of rotatable bonds is 4. The van der Waals surface area contributed by atoms with Gasteiger partial charge in [-0.15, -0.1) is 0 Å². The van der Waals surface area contributed by atoms with Gasteiger partial charge in [0.05, 0.1) is 18.6 Å². The lowest BCUT2D eigenvalue weighted by Crippen LogP contribution is -2.38. The molecule has 1 aliphatic rings. The number of nitrogens with one attached hydrogen (secondary N) is 1. The van der Waals surface area contributed by atoms with Gasteiger partial charge in [-0.1, -0.05) is 42.5 Å². The normalized spacial score (nSPS) is 19.1. The molecule has 0 unspecified atom stereocenters. The molecule has 0 saturated carbocycles. The Labute approximate surface area is 135 Å². The molecule has 1 fully saturated rings. The third-order valence-electron chi connectivity index (χ3n) is 4.13. The van der Waals surface area contributed by atoms with Crippen molar-refractivity contribution in [2.45, 2.75) is 18.9 Å². The molecule has 0 aromatic heterocycles. The second kappa shape index (κ2) is 7.38. The van der Waals surface area contributed by atoms with Gasteiger partial charge in [-0.2, -0.15) is 0 Å². The van der Waals surface area contributed by atoms with E-state index in [4.69, 9.17) is 4.74 Å². The van der Waals surface area contributed by atoms with Crippen LogP contribution >= 0.6 is 0 Å². The van der Waals surface area contributed by atoms with Crippen LogP contribution in [0.2, 0.25) is 0 Å². The first-order valence-electron chi connectivity index (χ1n) is 7.92. The van der Waals surface area contributed by atoms with E-state index in [0.717, 1.165) is 30.6 Å². The van der Waals surface area contributed by atoms with Gasteiger partial charge in [-0.3, -0.25) is 4.79 Å². The van der Waals surface area contributed by atoms with Crippen LogP contribution in [-0.4, -0.2) is 19.1 Å². The SMILES string of the molecule is O=C(N[C@@H](c1ccccc1)c1cccc(F)c1)[C@@H]1CCCOC1. The number of benzene rings is 2. The highest BCUT2D eigenvalue weighted by Gasteiger charge is 2.25. The molecule has 2 aromatic carbocycles. The molecule has 2 aromatic rings. The molecule has 1 amide bonds. The summed E-state index contributed by atoms with van der Waals surface area (Å²) in [5.74, 6) is -0.481. The van der Waals surface area contributed by atoms with Crippen molar-refractivity contribution in [3.05, 3.63) is 71.5 Å². The number of carbonyl (C=O) groups is 1. The summed E-state index contributed by atoms with van der Waals surface area (Å²) in [7, 11) is 0. The Kier molecular flexibility index (Phi) is 5.03. The monoisotopic (exact) mass is 313 g/mol. The molecule has 0 bridgehead atoms. The summed E-state index contributed by atoms with van der Waals surface area (Å²) in [6.45, 7) is 1.17. The Hall–Kier alpha value is -2.20. The fourth-order valence-electron chi connectivity index (χ4n) is 2.90. The molecule has 0 spiro atoms. The number of amides is 1. The predicted octanol–water partition coefficient (Wildman–Crippen LogP) is 3.46. The summed E-state index contributed by atoms with van der Waals surface area (Å²) in [5, 5.41) is 3.06. The Morgan fingerprint density at radius 1 is 1.13 bits per heavy atom. The lowest BCUT2D eigenvalue weighted by Gasteiger charge is -2.25. The Balaban J connectivity index is 1.85. The molecule has 23 heavy (non-hydrogen) atoms. The van der Waals surface area contributed by atoms with E-state index in [2.05, 4.69) is 5.32 Å². The molecular weight excluding hydrogens is 293 g/mol. The topological polar surface area (TPSA) is 38.3 Å². The van der Waals surface area contributed by atoms with E-state index in [1.54, 1.807) is 6.07 Å². The molecule has 4 heteroatoms. The molecule has 1 saturated heterocycles. The Bertz CT molecular complexity index is 653. The van der Waals surface area contributed by atoms with E-state index < -0.39 is 0 Å². The summed E-state index contributed by atoms with van der Waals surface area (Å²) >= 11 is 0. The highest BCUT2D eigenvalue weighted by molar-refractivity contribution is 5.79. The Morgan fingerprint density at radius 3 is 2.61 bits per heavy atom. The van der Waals surface area contributed by atoms with Crippen molar-refractivity contribution in [1.82, 2.24) is 5.32 Å². The fraction of sp³-hybridized carbons (Fsp3) is 0.316. The largest absolute Gasteiger partial charge is 0.381 e. The average molecular weight is 313 g/mol. The number of hydrogen-bond donors (Lipinski definition) is 1. The highest BCUT2D eigenvalue weighted by Crippen LogP contribution is 2.24. The number of ether oxygens (including phenoxy) is 1. The summed E-state index contributed by atoms with van der Waals surface area (Å²) in [6.07, 6.45) is 1.73. The first-order valence-corrected chi connectivity index (χ1v) is 7.92. The van der Waals surface area contributed by atoms with Crippen molar-refractivity contribution >= 4 is 5.91 Å². The molecule has 120 valence electrons. The minimum Gasteiger partial charge on any atom is -0.381 e. The van der Waals surface area contributed by atoms with Gasteiger partial charge in [-0.05, 0) is 36.1 Å². The summed E-state index contributed by atoms with van der Waals surface area (Å²) < 4.78 is 19.0. The third kappa shape index (κ3) is 3.96. The van der Waals surface area contributed by atoms with E-state index in [9.17, 15) is 9.18 Å². The van der Waals surface area contributed by atoms with Crippen molar-refractivity contribution in [2.24, 2.45) is 5.92 Å². The van der Waals surface area contributed by atoms with Crippen LogP contribution in [0.3, 0.4) is 0 Å². The maximum Gasteiger partial charge on any atom is 0.226 e. The van der Waals surface area contributed by atoms with Crippen LogP contribution in [0.1, 0.15) is 30.0 Å². The molecule has 1 aliphatic heterocycles. The fourth-order valence-corrected chi connectivity index (χ4v) is 2.90.